The van der Waals surface area contributed by atoms with Gasteiger partial charge < -0.3 is 28.4 Å². The molecule has 134 valence electrons. The second-order valence-electron chi connectivity index (χ2n) is 5.54. The molecule has 2 aromatic rings. The number of benzene rings is 2. The maximum absolute atomic E-state index is 5.84. The zero-order valence-electron chi connectivity index (χ0n) is 15.1. The SMILES string of the molecule is COc1cc2c(cc1OC)-c1c(cc(OC)c(OC)c1OC)COC2. The van der Waals surface area contributed by atoms with Crippen LogP contribution in [0.4, 0.5) is 0 Å². The molecule has 0 fully saturated rings. The number of hydrogen-bond donors (Lipinski definition) is 0. The Labute approximate surface area is 147 Å². The Bertz CT molecular complexity index is 784. The molecule has 25 heavy (non-hydrogen) atoms. The number of ether oxygens (including phenoxy) is 6. The molecule has 0 aliphatic carbocycles. The van der Waals surface area contributed by atoms with Gasteiger partial charge in [0, 0.05) is 5.56 Å². The highest BCUT2D eigenvalue weighted by Gasteiger charge is 2.26. The molecular formula is C19H22O6. The van der Waals surface area contributed by atoms with E-state index in [-0.39, 0.29) is 0 Å². The lowest BCUT2D eigenvalue weighted by atomic mass is 9.94. The minimum absolute atomic E-state index is 0.436. The minimum Gasteiger partial charge on any atom is -0.493 e. The molecule has 1 aliphatic rings. The summed E-state index contributed by atoms with van der Waals surface area (Å²) in [4.78, 5) is 0. The van der Waals surface area contributed by atoms with Crippen molar-refractivity contribution in [2.24, 2.45) is 0 Å². The van der Waals surface area contributed by atoms with Gasteiger partial charge in [0.1, 0.15) is 0 Å². The van der Waals surface area contributed by atoms with E-state index in [2.05, 4.69) is 0 Å². The van der Waals surface area contributed by atoms with Crippen molar-refractivity contribution in [2.75, 3.05) is 35.5 Å². The van der Waals surface area contributed by atoms with Crippen molar-refractivity contribution < 1.29 is 28.4 Å². The molecule has 0 aromatic heterocycles. The van der Waals surface area contributed by atoms with Crippen LogP contribution in [-0.2, 0) is 18.0 Å². The van der Waals surface area contributed by atoms with Gasteiger partial charge in [-0.3, -0.25) is 0 Å². The lowest BCUT2D eigenvalue weighted by Crippen LogP contribution is -2.01. The molecule has 0 spiro atoms. The zero-order valence-corrected chi connectivity index (χ0v) is 15.1. The highest BCUT2D eigenvalue weighted by atomic mass is 16.5. The van der Waals surface area contributed by atoms with Crippen molar-refractivity contribution in [3.05, 3.63) is 29.3 Å². The second kappa shape index (κ2) is 7.11. The van der Waals surface area contributed by atoms with Crippen molar-refractivity contribution >= 4 is 0 Å². The van der Waals surface area contributed by atoms with E-state index in [9.17, 15) is 0 Å². The first-order chi connectivity index (χ1) is 12.2. The smallest absolute Gasteiger partial charge is 0.203 e. The van der Waals surface area contributed by atoms with E-state index in [0.717, 1.165) is 22.3 Å². The lowest BCUT2D eigenvalue weighted by Gasteiger charge is -2.20. The summed E-state index contributed by atoms with van der Waals surface area (Å²) in [6, 6.07) is 5.79. The van der Waals surface area contributed by atoms with Crippen LogP contribution in [0.15, 0.2) is 18.2 Å². The summed E-state index contributed by atoms with van der Waals surface area (Å²) in [6.45, 7) is 0.892. The molecule has 0 atom stereocenters. The predicted octanol–water partition coefficient (Wildman–Crippen LogP) is 3.43. The average molecular weight is 346 g/mol. The summed E-state index contributed by atoms with van der Waals surface area (Å²) in [5.74, 6) is 3.06. The van der Waals surface area contributed by atoms with Crippen LogP contribution in [0.2, 0.25) is 0 Å². The Morgan fingerprint density at radius 2 is 1.20 bits per heavy atom. The van der Waals surface area contributed by atoms with E-state index in [1.165, 1.54) is 0 Å². The van der Waals surface area contributed by atoms with Gasteiger partial charge in [-0.05, 0) is 34.9 Å². The van der Waals surface area contributed by atoms with Gasteiger partial charge in [0.25, 0.3) is 0 Å². The van der Waals surface area contributed by atoms with Crippen LogP contribution in [0.1, 0.15) is 11.1 Å². The standard InChI is InChI=1S/C19H22O6/c1-20-14-6-11-9-25-10-12-7-16(22-3)18(23-4)19(24-5)17(12)13(11)8-15(14)21-2/h6-8H,9-10H2,1-5H3. The van der Waals surface area contributed by atoms with Gasteiger partial charge in [0.15, 0.2) is 23.0 Å². The Morgan fingerprint density at radius 3 is 1.80 bits per heavy atom. The summed E-state index contributed by atoms with van der Waals surface area (Å²) in [7, 11) is 8.04. The fourth-order valence-electron chi connectivity index (χ4n) is 3.16. The van der Waals surface area contributed by atoms with Gasteiger partial charge in [-0.25, -0.2) is 0 Å². The Morgan fingerprint density at radius 1 is 0.640 bits per heavy atom. The van der Waals surface area contributed by atoms with E-state index in [0.29, 0.717) is 42.0 Å². The molecular weight excluding hydrogens is 324 g/mol. The third-order valence-corrected chi connectivity index (χ3v) is 4.31. The van der Waals surface area contributed by atoms with E-state index in [1.54, 1.807) is 35.5 Å². The van der Waals surface area contributed by atoms with Crippen molar-refractivity contribution in [3.8, 4) is 39.9 Å². The Hall–Kier alpha value is -2.60. The molecule has 0 N–H and O–H groups in total. The largest absolute Gasteiger partial charge is 0.493 e. The molecule has 0 bridgehead atoms. The summed E-state index contributed by atoms with van der Waals surface area (Å²) >= 11 is 0. The molecule has 0 radical (unpaired) electrons. The first-order valence-corrected chi connectivity index (χ1v) is 7.83. The Kier molecular flexibility index (Phi) is 4.90. The maximum atomic E-state index is 5.84. The van der Waals surface area contributed by atoms with Crippen LogP contribution in [0.5, 0.6) is 28.7 Å². The maximum Gasteiger partial charge on any atom is 0.203 e. The van der Waals surface area contributed by atoms with Gasteiger partial charge >= 0.3 is 0 Å². The van der Waals surface area contributed by atoms with Gasteiger partial charge in [0.2, 0.25) is 5.75 Å². The van der Waals surface area contributed by atoms with Gasteiger partial charge in [-0.15, -0.1) is 0 Å². The van der Waals surface area contributed by atoms with E-state index < -0.39 is 0 Å². The van der Waals surface area contributed by atoms with E-state index >= 15 is 0 Å². The first-order valence-electron chi connectivity index (χ1n) is 7.83. The van der Waals surface area contributed by atoms with Crippen LogP contribution >= 0.6 is 0 Å². The topological polar surface area (TPSA) is 55.4 Å². The van der Waals surface area contributed by atoms with Gasteiger partial charge in [0.05, 0.1) is 48.8 Å². The molecule has 1 aliphatic heterocycles. The molecule has 6 nitrogen and oxygen atoms in total. The highest BCUT2D eigenvalue weighted by Crippen LogP contribution is 2.50. The second-order valence-corrected chi connectivity index (χ2v) is 5.54. The molecule has 0 amide bonds. The van der Waals surface area contributed by atoms with Gasteiger partial charge in [-0.1, -0.05) is 0 Å². The van der Waals surface area contributed by atoms with Crippen LogP contribution in [0.25, 0.3) is 11.1 Å². The minimum atomic E-state index is 0.436. The monoisotopic (exact) mass is 346 g/mol. The third kappa shape index (κ3) is 2.82. The van der Waals surface area contributed by atoms with Crippen molar-refractivity contribution in [3.63, 3.8) is 0 Å². The number of rotatable bonds is 5. The number of hydrogen-bond acceptors (Lipinski definition) is 6. The highest BCUT2D eigenvalue weighted by molar-refractivity contribution is 5.83. The van der Waals surface area contributed by atoms with Crippen LogP contribution < -0.4 is 23.7 Å². The average Bonchev–Trinajstić information content (AvgIpc) is 2.83. The van der Waals surface area contributed by atoms with E-state index in [4.69, 9.17) is 28.4 Å². The van der Waals surface area contributed by atoms with Gasteiger partial charge in [-0.2, -0.15) is 0 Å². The van der Waals surface area contributed by atoms with Crippen molar-refractivity contribution in [1.29, 1.82) is 0 Å². The number of methoxy groups -OCH3 is 5. The molecule has 3 rings (SSSR count). The molecule has 0 saturated carbocycles. The zero-order chi connectivity index (χ0) is 18.0. The summed E-state index contributed by atoms with van der Waals surface area (Å²) < 4.78 is 33.4. The molecule has 2 aromatic carbocycles. The summed E-state index contributed by atoms with van der Waals surface area (Å²) in [5, 5.41) is 0. The van der Waals surface area contributed by atoms with E-state index in [1.807, 2.05) is 18.2 Å². The number of fused-ring (bicyclic) bond motifs is 3. The normalized spacial score (nSPS) is 12.5. The third-order valence-electron chi connectivity index (χ3n) is 4.31. The summed E-state index contributed by atoms with van der Waals surface area (Å²) in [6.07, 6.45) is 0. The molecule has 6 heteroatoms. The van der Waals surface area contributed by atoms with Crippen LogP contribution in [0, 0.1) is 0 Å². The predicted molar refractivity (Wildman–Crippen MR) is 93.1 cm³/mol. The lowest BCUT2D eigenvalue weighted by molar-refractivity contribution is 0.109. The molecule has 0 saturated heterocycles. The quantitative estimate of drug-likeness (QED) is 0.827. The Balaban J connectivity index is 2.35. The molecule has 1 heterocycles. The fraction of sp³-hybridized carbons (Fsp3) is 0.368. The molecule has 0 unspecified atom stereocenters. The fourth-order valence-corrected chi connectivity index (χ4v) is 3.16. The van der Waals surface area contributed by atoms with Crippen molar-refractivity contribution in [2.45, 2.75) is 13.2 Å². The van der Waals surface area contributed by atoms with Crippen LogP contribution in [-0.4, -0.2) is 35.5 Å². The van der Waals surface area contributed by atoms with Crippen molar-refractivity contribution in [1.82, 2.24) is 0 Å². The first kappa shape index (κ1) is 17.2. The van der Waals surface area contributed by atoms with Crippen LogP contribution in [0.3, 0.4) is 0 Å². The summed E-state index contributed by atoms with van der Waals surface area (Å²) in [5.41, 5.74) is 3.82.